The van der Waals surface area contributed by atoms with Gasteiger partial charge in [0.15, 0.2) is 0 Å². The molecule has 1 aromatic heterocycles. The van der Waals surface area contributed by atoms with Crippen molar-refractivity contribution >= 4 is 26.8 Å². The van der Waals surface area contributed by atoms with Crippen molar-refractivity contribution in [3.05, 3.63) is 63.8 Å². The number of aromatic nitrogens is 1. The van der Waals surface area contributed by atoms with Gasteiger partial charge >= 0.3 is 0 Å². The number of fused-ring (bicyclic) bond motifs is 4. The predicted octanol–water partition coefficient (Wildman–Crippen LogP) is 4.52. The molecule has 0 bridgehead atoms. The number of hydrogen-bond acceptors (Lipinski definition) is 3. The normalized spacial score (nSPS) is 29.0. The van der Waals surface area contributed by atoms with Crippen LogP contribution in [0.5, 0.6) is 5.75 Å². The molecule has 3 aromatic rings. The van der Waals surface area contributed by atoms with Crippen LogP contribution >= 0.6 is 15.9 Å². The Labute approximate surface area is 185 Å². The van der Waals surface area contributed by atoms with Gasteiger partial charge in [-0.2, -0.15) is 0 Å². The number of phenols is 1. The van der Waals surface area contributed by atoms with Crippen molar-refractivity contribution in [3.8, 4) is 5.75 Å². The number of aromatic hydroxyl groups is 1. The summed E-state index contributed by atoms with van der Waals surface area (Å²) in [5, 5.41) is 23.8. The molecule has 6 rings (SSSR count). The van der Waals surface area contributed by atoms with Gasteiger partial charge < -0.3 is 20.1 Å². The monoisotopic (exact) mass is 466 g/mol. The summed E-state index contributed by atoms with van der Waals surface area (Å²) in [7, 11) is 0. The van der Waals surface area contributed by atoms with Crippen LogP contribution in [0.25, 0.3) is 10.9 Å². The minimum absolute atomic E-state index is 0.274. The molecular formula is C25H27BrN2O2. The number of phenolic OH excluding ortho intramolecular Hbond substituents is 1. The fraction of sp³-hybridized carbons (Fsp3) is 0.440. The van der Waals surface area contributed by atoms with Crippen molar-refractivity contribution in [2.75, 3.05) is 19.6 Å². The van der Waals surface area contributed by atoms with Crippen LogP contribution in [0.4, 0.5) is 0 Å². The first-order valence-corrected chi connectivity index (χ1v) is 11.8. The van der Waals surface area contributed by atoms with Crippen LogP contribution in [-0.2, 0) is 18.3 Å². The summed E-state index contributed by atoms with van der Waals surface area (Å²) >= 11 is 3.59. The van der Waals surface area contributed by atoms with E-state index >= 15 is 0 Å². The Kier molecular flexibility index (Phi) is 4.15. The summed E-state index contributed by atoms with van der Waals surface area (Å²) in [4.78, 5) is 6.13. The van der Waals surface area contributed by atoms with Gasteiger partial charge in [-0.25, -0.2) is 0 Å². The van der Waals surface area contributed by atoms with Crippen LogP contribution in [0.1, 0.15) is 36.1 Å². The highest BCUT2D eigenvalue weighted by atomic mass is 79.9. The van der Waals surface area contributed by atoms with Crippen LogP contribution in [0.3, 0.4) is 0 Å². The average molecular weight is 467 g/mol. The van der Waals surface area contributed by atoms with Gasteiger partial charge in [0, 0.05) is 52.4 Å². The van der Waals surface area contributed by atoms with Crippen molar-refractivity contribution < 1.29 is 10.2 Å². The van der Waals surface area contributed by atoms with Crippen molar-refractivity contribution in [1.29, 1.82) is 0 Å². The Morgan fingerprint density at radius 3 is 2.80 bits per heavy atom. The first-order valence-electron chi connectivity index (χ1n) is 11.0. The maximum Gasteiger partial charge on any atom is 0.115 e. The van der Waals surface area contributed by atoms with E-state index in [1.165, 1.54) is 29.5 Å². The summed E-state index contributed by atoms with van der Waals surface area (Å²) in [6, 6.07) is 13.9. The predicted molar refractivity (Wildman–Crippen MR) is 122 cm³/mol. The summed E-state index contributed by atoms with van der Waals surface area (Å²) in [5.41, 5.74) is 3.41. The second kappa shape index (κ2) is 6.59. The summed E-state index contributed by atoms with van der Waals surface area (Å²) in [5.74, 6) is 1.09. The molecule has 2 aliphatic carbocycles. The number of H-pyrrole nitrogens is 1. The molecule has 2 aromatic carbocycles. The number of benzene rings is 2. The SMILES string of the molecule is Oc1cccc([C@@]23CCN(CC4CC4)C[C@@]2(O)Cc2c([nH]c4cc(Br)ccc24)C3)c1. The summed E-state index contributed by atoms with van der Waals surface area (Å²) in [6.45, 7) is 2.80. The van der Waals surface area contributed by atoms with E-state index in [2.05, 4.69) is 50.1 Å². The van der Waals surface area contributed by atoms with E-state index in [0.29, 0.717) is 13.0 Å². The van der Waals surface area contributed by atoms with Crippen molar-refractivity contribution in [1.82, 2.24) is 9.88 Å². The lowest BCUT2D eigenvalue weighted by molar-refractivity contribution is -0.103. The molecule has 0 spiro atoms. The number of rotatable bonds is 3. The number of piperidine rings is 1. The third kappa shape index (κ3) is 2.86. The topological polar surface area (TPSA) is 59.5 Å². The van der Waals surface area contributed by atoms with Gasteiger partial charge in [-0.15, -0.1) is 0 Å². The van der Waals surface area contributed by atoms with E-state index < -0.39 is 11.0 Å². The zero-order valence-corrected chi connectivity index (χ0v) is 18.6. The number of β-amino-alcohol motifs (C(OH)–C–C–N with tert-alkyl or cyclic N) is 1. The van der Waals surface area contributed by atoms with Crippen LogP contribution in [0.2, 0.25) is 0 Å². The molecule has 5 heteroatoms. The Bertz CT molecular complexity index is 1140. The fourth-order valence-electron chi connectivity index (χ4n) is 6.03. The minimum atomic E-state index is -0.858. The number of nitrogens with one attached hydrogen (secondary N) is 1. The van der Waals surface area contributed by atoms with Crippen molar-refractivity contribution in [2.24, 2.45) is 5.92 Å². The van der Waals surface area contributed by atoms with E-state index in [4.69, 9.17) is 0 Å². The highest BCUT2D eigenvalue weighted by Crippen LogP contribution is 2.52. The van der Waals surface area contributed by atoms with Gasteiger partial charge in [0.05, 0.1) is 5.60 Å². The first kappa shape index (κ1) is 18.9. The highest BCUT2D eigenvalue weighted by molar-refractivity contribution is 9.10. The third-order valence-corrected chi connectivity index (χ3v) is 8.24. The standard InChI is InChI=1S/C25H27BrN2O2/c26-18-6-7-20-21-12-25(30)15-28(14-16-4-5-16)9-8-24(25,13-23(21)27-22(20)11-18)17-2-1-3-19(29)10-17/h1-3,6-7,10-11,16,27,29-30H,4-5,8-9,12-15H2/t24-,25-/m0/s1. The molecule has 3 aliphatic rings. The molecule has 1 aliphatic heterocycles. The Hall–Kier alpha value is -1.82. The molecule has 2 atom stereocenters. The lowest BCUT2D eigenvalue weighted by atomic mass is 9.56. The lowest BCUT2D eigenvalue weighted by Crippen LogP contribution is -2.66. The van der Waals surface area contributed by atoms with E-state index in [1.807, 2.05) is 12.1 Å². The number of aliphatic hydroxyl groups is 1. The van der Waals surface area contributed by atoms with Gasteiger partial charge in [0.1, 0.15) is 5.75 Å². The van der Waals surface area contributed by atoms with Gasteiger partial charge in [0.25, 0.3) is 0 Å². The van der Waals surface area contributed by atoms with Crippen molar-refractivity contribution in [2.45, 2.75) is 43.1 Å². The second-order valence-corrected chi connectivity index (χ2v) is 10.6. The number of nitrogens with zero attached hydrogens (tertiary/aromatic N) is 1. The van der Waals surface area contributed by atoms with Gasteiger partial charge in [0.2, 0.25) is 0 Å². The van der Waals surface area contributed by atoms with Crippen LogP contribution in [0.15, 0.2) is 46.9 Å². The van der Waals surface area contributed by atoms with Crippen LogP contribution in [-0.4, -0.2) is 45.3 Å². The number of hydrogen-bond donors (Lipinski definition) is 3. The molecule has 3 N–H and O–H groups in total. The molecule has 0 unspecified atom stereocenters. The zero-order valence-electron chi connectivity index (χ0n) is 17.0. The molecule has 156 valence electrons. The first-order chi connectivity index (χ1) is 14.5. The highest BCUT2D eigenvalue weighted by Gasteiger charge is 2.57. The molecule has 1 saturated heterocycles. The molecule has 2 heterocycles. The molecule has 0 amide bonds. The minimum Gasteiger partial charge on any atom is -0.508 e. The van der Waals surface area contributed by atoms with Gasteiger partial charge in [-0.05, 0) is 67.1 Å². The van der Waals surface area contributed by atoms with Gasteiger partial charge in [-0.3, -0.25) is 0 Å². The maximum absolute atomic E-state index is 12.3. The smallest absolute Gasteiger partial charge is 0.115 e. The maximum atomic E-state index is 12.3. The Morgan fingerprint density at radius 2 is 2.00 bits per heavy atom. The van der Waals surface area contributed by atoms with Crippen LogP contribution < -0.4 is 0 Å². The van der Waals surface area contributed by atoms with E-state index in [0.717, 1.165) is 47.4 Å². The van der Waals surface area contributed by atoms with E-state index in [-0.39, 0.29) is 5.75 Å². The van der Waals surface area contributed by atoms with Crippen LogP contribution in [0, 0.1) is 5.92 Å². The van der Waals surface area contributed by atoms with E-state index in [9.17, 15) is 10.2 Å². The Morgan fingerprint density at radius 1 is 1.13 bits per heavy atom. The number of likely N-dealkylation sites (tertiary alicyclic amines) is 1. The molecule has 2 fully saturated rings. The number of halogens is 1. The third-order valence-electron chi connectivity index (χ3n) is 7.75. The average Bonchev–Trinajstić information content (AvgIpc) is 3.46. The largest absolute Gasteiger partial charge is 0.508 e. The zero-order chi connectivity index (χ0) is 20.5. The quantitative estimate of drug-likeness (QED) is 0.531. The number of aromatic amines is 1. The molecule has 1 saturated carbocycles. The van der Waals surface area contributed by atoms with Gasteiger partial charge in [-0.1, -0.05) is 34.1 Å². The Balaban J connectivity index is 1.49. The summed E-state index contributed by atoms with van der Waals surface area (Å²) < 4.78 is 1.06. The lowest BCUT2D eigenvalue weighted by Gasteiger charge is -2.56. The molecular weight excluding hydrogens is 440 g/mol. The molecule has 0 radical (unpaired) electrons. The molecule has 4 nitrogen and oxygen atoms in total. The second-order valence-electron chi connectivity index (χ2n) is 9.72. The summed E-state index contributed by atoms with van der Waals surface area (Å²) in [6.07, 6.45) is 4.97. The molecule has 30 heavy (non-hydrogen) atoms. The van der Waals surface area contributed by atoms with Crippen molar-refractivity contribution in [3.63, 3.8) is 0 Å². The van der Waals surface area contributed by atoms with E-state index in [1.54, 1.807) is 6.07 Å². The fourth-order valence-corrected chi connectivity index (χ4v) is 6.39.